The number of rotatable bonds is 9. The maximum atomic E-state index is 11.2. The van der Waals surface area contributed by atoms with Crippen LogP contribution in [-0.4, -0.2) is 17.1 Å². The molecule has 0 aliphatic carbocycles. The largest absolute Gasteiger partial charge is 1.00 e. The lowest BCUT2D eigenvalue weighted by Crippen LogP contribution is -3.00. The molecule has 3 nitrogen and oxygen atoms in total. The number of aryl methyl sites for hydroxylation is 1. The van der Waals surface area contributed by atoms with Crippen LogP contribution in [0.3, 0.4) is 0 Å². The van der Waals surface area contributed by atoms with Crippen LogP contribution in [0.15, 0.2) is 85.2 Å². The average Bonchev–Trinajstić information content (AvgIpc) is 2.74. The molecule has 1 heterocycles. The number of halogens is 1. The number of likely N-dealkylation sites (N-methyl/N-ethyl adjacent to an activating group) is 1. The van der Waals surface area contributed by atoms with Crippen LogP contribution in [0.5, 0.6) is 0 Å². The zero-order chi connectivity index (χ0) is 19.8. The van der Waals surface area contributed by atoms with Crippen LogP contribution in [0.25, 0.3) is 0 Å². The SMILES string of the molecule is CCCC[n+]1cccc(CN(C)[C@H](c2ccccc2)[C@H](O)c2ccccc2)c1.[Br-]. The second kappa shape index (κ2) is 11.9. The first-order valence-electron chi connectivity index (χ1n) is 10.1. The Morgan fingerprint density at radius 2 is 1.52 bits per heavy atom. The molecule has 0 amide bonds. The molecule has 4 heteroatoms. The van der Waals surface area contributed by atoms with E-state index < -0.39 is 6.10 Å². The monoisotopic (exact) mass is 454 g/mol. The third-order valence-electron chi connectivity index (χ3n) is 5.18. The summed E-state index contributed by atoms with van der Waals surface area (Å²) in [7, 11) is 2.09. The van der Waals surface area contributed by atoms with Gasteiger partial charge in [0.25, 0.3) is 0 Å². The van der Waals surface area contributed by atoms with Crippen molar-refractivity contribution in [3.63, 3.8) is 0 Å². The number of aliphatic hydroxyl groups excluding tert-OH is 1. The van der Waals surface area contributed by atoms with Crippen LogP contribution < -0.4 is 21.5 Å². The molecule has 3 aromatic rings. The zero-order valence-electron chi connectivity index (χ0n) is 17.3. The van der Waals surface area contributed by atoms with Gasteiger partial charge in [0.1, 0.15) is 6.54 Å². The van der Waals surface area contributed by atoms with Gasteiger partial charge in [-0.3, -0.25) is 4.90 Å². The number of nitrogens with zero attached hydrogens (tertiary/aromatic N) is 2. The second-order valence-electron chi connectivity index (χ2n) is 7.43. The summed E-state index contributed by atoms with van der Waals surface area (Å²) < 4.78 is 2.26. The average molecular weight is 455 g/mol. The summed E-state index contributed by atoms with van der Waals surface area (Å²) in [6.45, 7) is 4.03. The van der Waals surface area contributed by atoms with E-state index in [1.54, 1.807) is 0 Å². The highest BCUT2D eigenvalue weighted by atomic mass is 79.9. The highest BCUT2D eigenvalue weighted by molar-refractivity contribution is 5.26. The fourth-order valence-corrected chi connectivity index (χ4v) is 3.70. The highest BCUT2D eigenvalue weighted by Crippen LogP contribution is 2.34. The summed E-state index contributed by atoms with van der Waals surface area (Å²) in [4.78, 5) is 2.24. The third-order valence-corrected chi connectivity index (χ3v) is 5.18. The summed E-state index contributed by atoms with van der Waals surface area (Å²) in [5, 5.41) is 11.2. The first-order chi connectivity index (χ1) is 13.7. The fourth-order valence-electron chi connectivity index (χ4n) is 3.70. The highest BCUT2D eigenvalue weighted by Gasteiger charge is 2.27. The topological polar surface area (TPSA) is 27.4 Å². The number of pyridine rings is 1. The minimum atomic E-state index is -0.593. The molecule has 1 N–H and O–H groups in total. The summed E-state index contributed by atoms with van der Waals surface area (Å²) in [6, 6.07) is 24.4. The molecule has 3 rings (SSSR count). The van der Waals surface area contributed by atoms with Crippen molar-refractivity contribution < 1.29 is 26.7 Å². The Hall–Kier alpha value is -2.01. The standard InChI is InChI=1S/C25H31N2O.BrH/c1-3-4-17-27-18-11-12-21(20-27)19-26(2)24(22-13-7-5-8-14-22)25(28)23-15-9-6-10-16-23;/h5-16,18,20,24-25,28H,3-4,17,19H2,1-2H3;1H/q+1;/p-1/t24-,25-;/m1./s1. The lowest BCUT2D eigenvalue weighted by molar-refractivity contribution is -0.697. The number of hydrogen-bond acceptors (Lipinski definition) is 2. The van der Waals surface area contributed by atoms with Gasteiger partial charge in [0.15, 0.2) is 12.4 Å². The van der Waals surface area contributed by atoms with Crippen molar-refractivity contribution in [2.24, 2.45) is 0 Å². The Bertz CT molecular complexity index is 842. The van der Waals surface area contributed by atoms with E-state index in [1.807, 2.05) is 48.5 Å². The molecule has 2 aromatic carbocycles. The van der Waals surface area contributed by atoms with E-state index >= 15 is 0 Å². The number of benzene rings is 2. The Kier molecular flexibility index (Phi) is 9.52. The molecule has 0 spiro atoms. The smallest absolute Gasteiger partial charge is 0.173 e. The quantitative estimate of drug-likeness (QED) is 0.498. The van der Waals surface area contributed by atoms with Crippen molar-refractivity contribution in [3.8, 4) is 0 Å². The molecule has 0 radical (unpaired) electrons. The summed E-state index contributed by atoms with van der Waals surface area (Å²) >= 11 is 0. The molecular weight excluding hydrogens is 424 g/mol. The van der Waals surface area contributed by atoms with Crippen LogP contribution in [0.2, 0.25) is 0 Å². The van der Waals surface area contributed by atoms with E-state index in [0.29, 0.717) is 0 Å². The van der Waals surface area contributed by atoms with Crippen molar-refractivity contribution >= 4 is 0 Å². The predicted octanol–water partition coefficient (Wildman–Crippen LogP) is 1.68. The van der Waals surface area contributed by atoms with Gasteiger partial charge in [-0.05, 0) is 24.2 Å². The molecule has 0 aliphatic rings. The second-order valence-corrected chi connectivity index (χ2v) is 7.43. The number of aromatic nitrogens is 1. The van der Waals surface area contributed by atoms with Crippen LogP contribution in [0.1, 0.15) is 48.6 Å². The molecule has 0 saturated carbocycles. The molecule has 0 bridgehead atoms. The summed E-state index contributed by atoms with van der Waals surface area (Å²) in [5.41, 5.74) is 3.31. The maximum absolute atomic E-state index is 11.2. The van der Waals surface area contributed by atoms with Crippen LogP contribution in [0.4, 0.5) is 0 Å². The lowest BCUT2D eigenvalue weighted by atomic mass is 9.94. The fraction of sp³-hybridized carbons (Fsp3) is 0.320. The number of hydrogen-bond donors (Lipinski definition) is 1. The summed E-state index contributed by atoms with van der Waals surface area (Å²) in [6.07, 6.45) is 6.14. The van der Waals surface area contributed by atoms with Crippen molar-refractivity contribution in [2.45, 2.75) is 45.0 Å². The van der Waals surface area contributed by atoms with Gasteiger partial charge in [0.2, 0.25) is 0 Å². The van der Waals surface area contributed by atoms with Gasteiger partial charge in [-0.25, -0.2) is 4.57 Å². The molecule has 0 aliphatic heterocycles. The van der Waals surface area contributed by atoms with Crippen LogP contribution >= 0.6 is 0 Å². The van der Waals surface area contributed by atoms with Crippen molar-refractivity contribution in [1.29, 1.82) is 0 Å². The molecular formula is C25H31BrN2O. The van der Waals surface area contributed by atoms with E-state index in [9.17, 15) is 5.11 Å². The number of unbranched alkanes of at least 4 members (excludes halogenated alkanes) is 1. The summed E-state index contributed by atoms with van der Waals surface area (Å²) in [5.74, 6) is 0. The minimum absolute atomic E-state index is 0. The molecule has 0 unspecified atom stereocenters. The predicted molar refractivity (Wildman–Crippen MR) is 114 cm³/mol. The maximum Gasteiger partial charge on any atom is 0.173 e. The molecule has 0 fully saturated rings. The lowest BCUT2D eigenvalue weighted by Gasteiger charge is -2.32. The Labute approximate surface area is 185 Å². The van der Waals surface area contributed by atoms with E-state index in [-0.39, 0.29) is 23.0 Å². The van der Waals surface area contributed by atoms with Crippen molar-refractivity contribution in [1.82, 2.24) is 4.90 Å². The van der Waals surface area contributed by atoms with E-state index in [4.69, 9.17) is 0 Å². The van der Waals surface area contributed by atoms with Gasteiger partial charge in [-0.2, -0.15) is 0 Å². The number of aliphatic hydroxyl groups is 1. The molecule has 2 atom stereocenters. The van der Waals surface area contributed by atoms with Crippen LogP contribution in [-0.2, 0) is 13.1 Å². The Morgan fingerprint density at radius 1 is 0.897 bits per heavy atom. The first-order valence-corrected chi connectivity index (χ1v) is 10.1. The Balaban J connectivity index is 0.00000300. The third kappa shape index (κ3) is 6.49. The van der Waals surface area contributed by atoms with E-state index in [0.717, 1.165) is 24.2 Å². The van der Waals surface area contributed by atoms with E-state index in [2.05, 4.69) is 60.1 Å². The zero-order valence-corrected chi connectivity index (χ0v) is 18.9. The van der Waals surface area contributed by atoms with Gasteiger partial charge in [0.05, 0.1) is 12.1 Å². The van der Waals surface area contributed by atoms with Crippen molar-refractivity contribution in [2.75, 3.05) is 7.05 Å². The molecule has 1 aromatic heterocycles. The minimum Gasteiger partial charge on any atom is -1.00 e. The van der Waals surface area contributed by atoms with Crippen molar-refractivity contribution in [3.05, 3.63) is 102 Å². The molecule has 154 valence electrons. The first kappa shape index (κ1) is 23.3. The van der Waals surface area contributed by atoms with Gasteiger partial charge < -0.3 is 22.1 Å². The van der Waals surface area contributed by atoms with Gasteiger partial charge in [0, 0.05) is 24.6 Å². The molecule has 29 heavy (non-hydrogen) atoms. The van der Waals surface area contributed by atoms with Gasteiger partial charge >= 0.3 is 0 Å². The van der Waals surface area contributed by atoms with Gasteiger partial charge in [-0.15, -0.1) is 0 Å². The normalized spacial score (nSPS) is 13.0. The Morgan fingerprint density at radius 3 is 2.14 bits per heavy atom. The van der Waals surface area contributed by atoms with E-state index in [1.165, 1.54) is 18.4 Å². The molecule has 0 saturated heterocycles. The van der Waals surface area contributed by atoms with Gasteiger partial charge in [-0.1, -0.05) is 74.0 Å². The van der Waals surface area contributed by atoms with Crippen LogP contribution in [0, 0.1) is 0 Å².